The molecule has 0 atom stereocenters. The molecule has 134 valence electrons. The molecule has 0 fully saturated rings. The number of nitrogens with zero attached hydrogens (tertiary/aromatic N) is 1. The molecule has 26 heavy (non-hydrogen) atoms. The molecule has 0 bridgehead atoms. The fourth-order valence-electron chi connectivity index (χ4n) is 2.91. The number of ether oxygens (including phenoxy) is 1. The van der Waals surface area contributed by atoms with E-state index in [1.54, 1.807) is 24.3 Å². The van der Waals surface area contributed by atoms with Gasteiger partial charge in [-0.1, -0.05) is 6.42 Å². The molecule has 5 nitrogen and oxygen atoms in total. The first-order valence-electron chi connectivity index (χ1n) is 8.35. The number of benzene rings is 1. The Hall–Kier alpha value is -1.92. The van der Waals surface area contributed by atoms with Crippen molar-refractivity contribution >= 4 is 50.8 Å². The Morgan fingerprint density at radius 1 is 1.19 bits per heavy atom. The maximum absolute atomic E-state index is 12.2. The first kappa shape index (κ1) is 18.9. The van der Waals surface area contributed by atoms with Gasteiger partial charge in [0.1, 0.15) is 11.1 Å². The molecule has 1 aliphatic rings. The van der Waals surface area contributed by atoms with Crippen LogP contribution in [0.1, 0.15) is 45.6 Å². The van der Waals surface area contributed by atoms with Crippen molar-refractivity contribution in [1.29, 1.82) is 5.26 Å². The second-order valence-corrected chi connectivity index (χ2v) is 8.36. The molecule has 1 aliphatic carbocycles. The highest BCUT2D eigenvalue weighted by Gasteiger charge is 2.21. The maximum atomic E-state index is 12.2. The lowest BCUT2D eigenvalue weighted by Gasteiger charge is -2.06. The zero-order valence-electron chi connectivity index (χ0n) is 14.0. The molecule has 2 aromatic rings. The van der Waals surface area contributed by atoms with E-state index in [2.05, 4.69) is 34.0 Å². The number of thiophene rings is 1. The van der Waals surface area contributed by atoms with E-state index in [1.807, 2.05) is 0 Å². The lowest BCUT2D eigenvalue weighted by atomic mass is 10.1. The van der Waals surface area contributed by atoms with E-state index in [4.69, 9.17) is 4.74 Å². The summed E-state index contributed by atoms with van der Waals surface area (Å²) in [6.45, 7) is -0.377. The summed E-state index contributed by atoms with van der Waals surface area (Å²) in [7, 11) is 0. The standard InChI is InChI=1S/C19H17IN2O3S/c20-13-8-6-12(7-9-13)19(24)25-11-17(23)22-18-15(10-21)14-4-2-1-3-5-16(14)26-18/h6-9H,1-5,11H2,(H,22,23). The van der Waals surface area contributed by atoms with Gasteiger partial charge < -0.3 is 10.1 Å². The average molecular weight is 480 g/mol. The minimum Gasteiger partial charge on any atom is -0.452 e. The number of carbonyl (C=O) groups excluding carboxylic acids is 2. The summed E-state index contributed by atoms with van der Waals surface area (Å²) in [5, 5.41) is 12.8. The van der Waals surface area contributed by atoms with Gasteiger partial charge in [-0.2, -0.15) is 5.26 Å². The Morgan fingerprint density at radius 2 is 1.92 bits per heavy atom. The topological polar surface area (TPSA) is 79.2 Å². The number of hydrogen-bond donors (Lipinski definition) is 1. The van der Waals surface area contributed by atoms with Crippen molar-refractivity contribution in [2.45, 2.75) is 32.1 Å². The lowest BCUT2D eigenvalue weighted by Crippen LogP contribution is -2.20. The Kier molecular flexibility index (Phi) is 6.27. The number of aryl methyl sites for hydroxylation is 1. The molecular formula is C19H17IN2O3S. The predicted molar refractivity (Wildman–Crippen MR) is 108 cm³/mol. The molecule has 0 spiro atoms. The number of nitriles is 1. The molecule has 0 saturated carbocycles. The summed E-state index contributed by atoms with van der Waals surface area (Å²) in [6, 6.07) is 9.14. The predicted octanol–water partition coefficient (Wildman–Crippen LogP) is 4.29. The third kappa shape index (κ3) is 4.43. The molecule has 1 aromatic carbocycles. The maximum Gasteiger partial charge on any atom is 0.338 e. The van der Waals surface area contributed by atoms with Gasteiger partial charge in [-0.15, -0.1) is 11.3 Å². The van der Waals surface area contributed by atoms with E-state index < -0.39 is 11.9 Å². The van der Waals surface area contributed by atoms with Crippen LogP contribution in [0.3, 0.4) is 0 Å². The van der Waals surface area contributed by atoms with Gasteiger partial charge in [0.2, 0.25) is 0 Å². The Balaban J connectivity index is 1.62. The van der Waals surface area contributed by atoms with Crippen LogP contribution in [0, 0.1) is 14.9 Å². The zero-order valence-corrected chi connectivity index (χ0v) is 17.0. The van der Waals surface area contributed by atoms with Gasteiger partial charge in [0, 0.05) is 8.45 Å². The molecule has 1 aromatic heterocycles. The number of halogens is 1. The molecule has 1 heterocycles. The van der Waals surface area contributed by atoms with Crippen molar-refractivity contribution in [2.24, 2.45) is 0 Å². The number of esters is 1. The van der Waals surface area contributed by atoms with Crippen LogP contribution in [0.2, 0.25) is 0 Å². The minimum absolute atomic E-state index is 0.377. The van der Waals surface area contributed by atoms with Crippen LogP contribution in [0.4, 0.5) is 5.00 Å². The molecule has 0 aliphatic heterocycles. The zero-order chi connectivity index (χ0) is 18.5. The summed E-state index contributed by atoms with van der Waals surface area (Å²) in [4.78, 5) is 25.3. The third-order valence-corrected chi connectivity index (χ3v) is 6.13. The Bertz CT molecular complexity index is 868. The van der Waals surface area contributed by atoms with E-state index in [1.165, 1.54) is 22.6 Å². The van der Waals surface area contributed by atoms with Gasteiger partial charge in [0.25, 0.3) is 5.91 Å². The fraction of sp³-hybridized carbons (Fsp3) is 0.316. The highest BCUT2D eigenvalue weighted by atomic mass is 127. The summed E-state index contributed by atoms with van der Waals surface area (Å²) in [6.07, 6.45) is 5.18. The fourth-order valence-corrected chi connectivity index (χ4v) is 4.53. The lowest BCUT2D eigenvalue weighted by molar-refractivity contribution is -0.119. The second kappa shape index (κ2) is 8.64. The largest absolute Gasteiger partial charge is 0.452 e. The van der Waals surface area contributed by atoms with Crippen LogP contribution in [0.25, 0.3) is 0 Å². The Morgan fingerprint density at radius 3 is 2.65 bits per heavy atom. The van der Waals surface area contributed by atoms with Crippen molar-refractivity contribution in [3.63, 3.8) is 0 Å². The Labute approximate surface area is 169 Å². The van der Waals surface area contributed by atoms with Crippen molar-refractivity contribution in [1.82, 2.24) is 0 Å². The van der Waals surface area contributed by atoms with E-state index >= 15 is 0 Å². The molecule has 0 unspecified atom stereocenters. The second-order valence-electron chi connectivity index (χ2n) is 6.01. The van der Waals surface area contributed by atoms with E-state index in [-0.39, 0.29) is 6.61 Å². The van der Waals surface area contributed by atoms with Gasteiger partial charge in [-0.25, -0.2) is 4.79 Å². The van der Waals surface area contributed by atoms with E-state index in [0.29, 0.717) is 16.1 Å². The van der Waals surface area contributed by atoms with Gasteiger partial charge in [0.05, 0.1) is 11.1 Å². The number of amides is 1. The highest BCUT2D eigenvalue weighted by Crippen LogP contribution is 2.36. The van der Waals surface area contributed by atoms with Crippen LogP contribution in [0.15, 0.2) is 24.3 Å². The van der Waals surface area contributed by atoms with Crippen molar-refractivity contribution < 1.29 is 14.3 Å². The number of hydrogen-bond acceptors (Lipinski definition) is 5. The smallest absolute Gasteiger partial charge is 0.338 e. The first-order chi connectivity index (χ1) is 12.6. The number of anilines is 1. The molecule has 7 heteroatoms. The van der Waals surface area contributed by atoms with Gasteiger partial charge >= 0.3 is 5.97 Å². The normalized spacial score (nSPS) is 13.2. The molecule has 3 rings (SSSR count). The average Bonchev–Trinajstić information content (AvgIpc) is 2.79. The van der Waals surface area contributed by atoms with Crippen molar-refractivity contribution in [2.75, 3.05) is 11.9 Å². The van der Waals surface area contributed by atoms with Crippen molar-refractivity contribution in [3.05, 3.63) is 49.4 Å². The number of rotatable bonds is 4. The summed E-state index contributed by atoms with van der Waals surface area (Å²) in [5.74, 6) is -0.976. The van der Waals surface area contributed by atoms with Crippen LogP contribution >= 0.6 is 33.9 Å². The third-order valence-electron chi connectivity index (χ3n) is 4.20. The quantitative estimate of drug-likeness (QED) is 0.403. The SMILES string of the molecule is N#Cc1c(NC(=O)COC(=O)c2ccc(I)cc2)sc2c1CCCCC2. The van der Waals surface area contributed by atoms with Gasteiger partial charge in [-0.05, 0) is 78.1 Å². The summed E-state index contributed by atoms with van der Waals surface area (Å²) >= 11 is 3.61. The molecule has 1 amide bonds. The minimum atomic E-state index is -0.543. The number of fused-ring (bicyclic) bond motifs is 1. The van der Waals surface area contributed by atoms with Crippen LogP contribution in [0.5, 0.6) is 0 Å². The number of carbonyl (C=O) groups is 2. The highest BCUT2D eigenvalue weighted by molar-refractivity contribution is 14.1. The van der Waals surface area contributed by atoms with Crippen LogP contribution < -0.4 is 5.32 Å². The molecule has 0 radical (unpaired) electrons. The van der Waals surface area contributed by atoms with Crippen LogP contribution in [-0.2, 0) is 22.4 Å². The monoisotopic (exact) mass is 480 g/mol. The van der Waals surface area contributed by atoms with Gasteiger partial charge in [-0.3, -0.25) is 4.79 Å². The first-order valence-corrected chi connectivity index (χ1v) is 10.2. The van der Waals surface area contributed by atoms with Crippen LogP contribution in [-0.4, -0.2) is 18.5 Å². The van der Waals surface area contributed by atoms with Gasteiger partial charge in [0.15, 0.2) is 6.61 Å². The van der Waals surface area contributed by atoms with E-state index in [0.717, 1.165) is 34.8 Å². The van der Waals surface area contributed by atoms with E-state index in [9.17, 15) is 14.9 Å². The molecule has 1 N–H and O–H groups in total. The molecule has 0 saturated heterocycles. The summed E-state index contributed by atoms with van der Waals surface area (Å²) in [5.41, 5.74) is 2.03. The van der Waals surface area contributed by atoms with Crippen molar-refractivity contribution in [3.8, 4) is 6.07 Å². The molecular weight excluding hydrogens is 463 g/mol. The number of nitrogens with one attached hydrogen (secondary N) is 1. The summed E-state index contributed by atoms with van der Waals surface area (Å²) < 4.78 is 6.08.